The van der Waals surface area contributed by atoms with Gasteiger partial charge in [-0.2, -0.15) is 0 Å². The number of nitrogens with zero attached hydrogens (tertiary/aromatic N) is 1. The Morgan fingerprint density at radius 1 is 1.17 bits per heavy atom. The fraction of sp³-hybridized carbons (Fsp3) is 0.880. The van der Waals surface area contributed by atoms with Gasteiger partial charge < -0.3 is 14.6 Å². The average molecular weight is 422 g/mol. The summed E-state index contributed by atoms with van der Waals surface area (Å²) in [6, 6.07) is 0. The van der Waals surface area contributed by atoms with Crippen LogP contribution in [-0.4, -0.2) is 58.5 Å². The van der Waals surface area contributed by atoms with Gasteiger partial charge in [-0.25, -0.2) is 0 Å². The summed E-state index contributed by atoms with van der Waals surface area (Å²) < 4.78 is 13.0. The summed E-state index contributed by atoms with van der Waals surface area (Å²) >= 11 is 0. The number of Topliss-reactive ketones (excluding diaryl/α,β-unsaturated/α-hetero) is 1. The molecule has 1 saturated heterocycles. The number of ketones is 1. The van der Waals surface area contributed by atoms with Crippen molar-refractivity contribution in [2.24, 2.45) is 16.7 Å². The van der Waals surface area contributed by atoms with E-state index in [1.54, 1.807) is 6.08 Å². The molecule has 0 spiro atoms. The number of fused-ring (bicyclic) bond motifs is 3. The SMILES string of the molecule is C=C[C@@]1(C)CC(=O)[C@@]2(O)[C@@](C)(CC[C@H]3C(C)(C)CCC(OCN(CC)CC)[C@@]32C)O1. The van der Waals surface area contributed by atoms with Crippen LogP contribution in [0.1, 0.15) is 80.6 Å². The second-order valence-electron chi connectivity index (χ2n) is 11.1. The van der Waals surface area contributed by atoms with E-state index in [0.29, 0.717) is 13.2 Å². The molecule has 0 aromatic heterocycles. The van der Waals surface area contributed by atoms with Crippen molar-refractivity contribution in [1.29, 1.82) is 0 Å². The van der Waals surface area contributed by atoms with Gasteiger partial charge in [-0.15, -0.1) is 6.58 Å². The maximum atomic E-state index is 13.8. The van der Waals surface area contributed by atoms with Crippen LogP contribution in [0.4, 0.5) is 0 Å². The molecule has 0 radical (unpaired) electrons. The summed E-state index contributed by atoms with van der Waals surface area (Å²) in [5.74, 6) is 0.0548. The van der Waals surface area contributed by atoms with Gasteiger partial charge in [0.2, 0.25) is 0 Å². The summed E-state index contributed by atoms with van der Waals surface area (Å²) in [4.78, 5) is 16.0. The van der Waals surface area contributed by atoms with Gasteiger partial charge in [-0.05, 0) is 64.0 Å². The molecule has 1 unspecified atom stereocenters. The minimum absolute atomic E-state index is 0.0281. The van der Waals surface area contributed by atoms with Gasteiger partial charge in [0.15, 0.2) is 11.4 Å². The van der Waals surface area contributed by atoms with Crippen LogP contribution >= 0.6 is 0 Å². The van der Waals surface area contributed by atoms with Crippen molar-refractivity contribution in [2.75, 3.05) is 19.8 Å². The smallest absolute Gasteiger partial charge is 0.171 e. The zero-order valence-electron chi connectivity index (χ0n) is 20.2. The highest BCUT2D eigenvalue weighted by Gasteiger charge is 2.75. The minimum Gasteiger partial charge on any atom is -0.378 e. The Morgan fingerprint density at radius 3 is 2.37 bits per heavy atom. The second kappa shape index (κ2) is 7.68. The quantitative estimate of drug-likeness (QED) is 0.511. The molecule has 0 amide bonds. The molecule has 2 saturated carbocycles. The first kappa shape index (κ1) is 23.9. The van der Waals surface area contributed by atoms with Crippen molar-refractivity contribution in [1.82, 2.24) is 4.90 Å². The third-order valence-electron chi connectivity index (χ3n) is 9.00. The van der Waals surface area contributed by atoms with E-state index < -0.39 is 22.2 Å². The predicted molar refractivity (Wildman–Crippen MR) is 119 cm³/mol. The number of carbonyl (C=O) groups is 1. The molecule has 172 valence electrons. The van der Waals surface area contributed by atoms with Crippen molar-refractivity contribution in [3.8, 4) is 0 Å². The third-order valence-corrected chi connectivity index (χ3v) is 9.00. The van der Waals surface area contributed by atoms with E-state index in [9.17, 15) is 9.90 Å². The standard InChI is InChI=1S/C25H43NO4/c1-9-22(6)16-19(27)25(28)23(7,30-22)15-12-18-21(4,5)14-13-20(24(18,25)8)29-17-26(10-2)11-3/h9,18,20,28H,1,10-17H2,2-8H3/t18-,20?,22-,23+,24+,25+/m0/s1. The summed E-state index contributed by atoms with van der Waals surface area (Å²) in [5, 5.41) is 12.4. The summed E-state index contributed by atoms with van der Waals surface area (Å²) in [5.41, 5.74) is -3.98. The fourth-order valence-corrected chi connectivity index (χ4v) is 7.05. The zero-order chi connectivity index (χ0) is 22.6. The molecule has 5 nitrogen and oxygen atoms in total. The molecule has 2 aliphatic carbocycles. The second-order valence-corrected chi connectivity index (χ2v) is 11.1. The van der Waals surface area contributed by atoms with Crippen molar-refractivity contribution in [3.05, 3.63) is 12.7 Å². The zero-order valence-corrected chi connectivity index (χ0v) is 20.2. The van der Waals surface area contributed by atoms with Crippen molar-refractivity contribution in [2.45, 2.75) is 103 Å². The van der Waals surface area contributed by atoms with Gasteiger partial charge in [-0.3, -0.25) is 9.69 Å². The highest BCUT2D eigenvalue weighted by molar-refractivity contribution is 5.92. The molecule has 1 N–H and O–H groups in total. The third kappa shape index (κ3) is 3.23. The lowest BCUT2D eigenvalue weighted by atomic mass is 9.41. The molecule has 0 aromatic carbocycles. The number of aliphatic hydroxyl groups is 1. The predicted octanol–water partition coefficient (Wildman–Crippen LogP) is 4.33. The number of carbonyl (C=O) groups excluding carboxylic acids is 1. The van der Waals surface area contributed by atoms with Crippen LogP contribution in [0.2, 0.25) is 0 Å². The van der Waals surface area contributed by atoms with Crippen molar-refractivity contribution in [3.63, 3.8) is 0 Å². The number of hydrogen-bond acceptors (Lipinski definition) is 5. The van der Waals surface area contributed by atoms with E-state index in [1.807, 2.05) is 13.8 Å². The lowest BCUT2D eigenvalue weighted by molar-refractivity contribution is -0.330. The minimum atomic E-state index is -1.59. The Balaban J connectivity index is 2.07. The molecule has 0 aromatic rings. The molecule has 5 heteroatoms. The van der Waals surface area contributed by atoms with Crippen LogP contribution in [0, 0.1) is 16.7 Å². The van der Waals surface area contributed by atoms with Gasteiger partial charge in [-0.1, -0.05) is 40.7 Å². The number of hydrogen-bond donors (Lipinski definition) is 1. The Hall–Kier alpha value is -0.750. The molecule has 1 heterocycles. The average Bonchev–Trinajstić information content (AvgIpc) is 2.67. The topological polar surface area (TPSA) is 59.0 Å². The molecular formula is C25H43NO4. The molecule has 1 aliphatic heterocycles. The molecule has 30 heavy (non-hydrogen) atoms. The van der Waals surface area contributed by atoms with Gasteiger partial charge >= 0.3 is 0 Å². The van der Waals surface area contributed by atoms with Gasteiger partial charge in [0, 0.05) is 11.8 Å². The largest absolute Gasteiger partial charge is 0.378 e. The van der Waals surface area contributed by atoms with Crippen molar-refractivity contribution >= 4 is 5.78 Å². The monoisotopic (exact) mass is 421 g/mol. The van der Waals surface area contributed by atoms with Crippen LogP contribution in [-0.2, 0) is 14.3 Å². The first-order valence-electron chi connectivity index (χ1n) is 11.8. The lowest BCUT2D eigenvalue weighted by Crippen LogP contribution is -2.80. The number of ether oxygens (including phenoxy) is 2. The summed E-state index contributed by atoms with van der Waals surface area (Å²) in [7, 11) is 0. The molecular weight excluding hydrogens is 378 g/mol. The highest BCUT2D eigenvalue weighted by atomic mass is 16.5. The molecule has 0 bridgehead atoms. The normalized spacial score (nSPS) is 45.7. The van der Waals surface area contributed by atoms with Gasteiger partial charge in [0.25, 0.3) is 0 Å². The lowest BCUT2D eigenvalue weighted by Gasteiger charge is -2.69. The maximum absolute atomic E-state index is 13.8. The highest BCUT2D eigenvalue weighted by Crippen LogP contribution is 2.67. The van der Waals surface area contributed by atoms with Crippen LogP contribution in [0.3, 0.4) is 0 Å². The van der Waals surface area contributed by atoms with E-state index in [1.165, 1.54) is 0 Å². The van der Waals surface area contributed by atoms with Crippen molar-refractivity contribution < 1.29 is 19.4 Å². The first-order chi connectivity index (χ1) is 13.8. The van der Waals surface area contributed by atoms with Gasteiger partial charge in [0.1, 0.15) is 5.60 Å². The molecule has 3 rings (SSSR count). The van der Waals surface area contributed by atoms with E-state index in [4.69, 9.17) is 9.47 Å². The molecule has 6 atom stereocenters. The van der Waals surface area contributed by atoms with Crippen LogP contribution in [0.25, 0.3) is 0 Å². The Kier molecular flexibility index (Phi) is 6.12. The van der Waals surface area contributed by atoms with E-state index >= 15 is 0 Å². The Morgan fingerprint density at radius 2 is 1.80 bits per heavy atom. The maximum Gasteiger partial charge on any atom is 0.171 e. The van der Waals surface area contributed by atoms with E-state index in [2.05, 4.69) is 46.1 Å². The molecule has 3 aliphatic rings. The van der Waals surface area contributed by atoms with E-state index in [0.717, 1.165) is 32.4 Å². The summed E-state index contributed by atoms with van der Waals surface area (Å²) in [6.45, 7) is 21.0. The first-order valence-corrected chi connectivity index (χ1v) is 11.8. The van der Waals surface area contributed by atoms with E-state index in [-0.39, 0.29) is 29.6 Å². The Bertz CT molecular complexity index is 689. The number of rotatable bonds is 6. The Labute approximate surface area is 183 Å². The van der Waals surface area contributed by atoms with Crippen LogP contribution < -0.4 is 0 Å². The summed E-state index contributed by atoms with van der Waals surface area (Å²) in [6.07, 6.45) is 5.10. The van der Waals surface area contributed by atoms with Crippen LogP contribution in [0.15, 0.2) is 12.7 Å². The van der Waals surface area contributed by atoms with Crippen LogP contribution in [0.5, 0.6) is 0 Å². The van der Waals surface area contributed by atoms with Gasteiger partial charge in [0.05, 0.1) is 18.4 Å². The molecule has 3 fully saturated rings. The fourth-order valence-electron chi connectivity index (χ4n) is 7.05.